The molecule has 0 bridgehead atoms. The van der Waals surface area contributed by atoms with E-state index in [4.69, 9.17) is 9.47 Å². The lowest BCUT2D eigenvalue weighted by Crippen LogP contribution is -2.20. The molecular weight excluding hydrogens is 224 g/mol. The first-order chi connectivity index (χ1) is 8.13. The van der Waals surface area contributed by atoms with Crippen LogP contribution >= 0.6 is 0 Å². The van der Waals surface area contributed by atoms with Gasteiger partial charge in [-0.1, -0.05) is 13.3 Å². The Morgan fingerprint density at radius 3 is 2.53 bits per heavy atom. The Kier molecular flexibility index (Phi) is 5.11. The van der Waals surface area contributed by atoms with Gasteiger partial charge in [0.1, 0.15) is 11.8 Å². The molecule has 1 aromatic heterocycles. The fraction of sp³-hybridized carbons (Fsp3) is 0.636. The molecule has 2 N–H and O–H groups in total. The van der Waals surface area contributed by atoms with Crippen LogP contribution in [-0.2, 0) is 0 Å². The minimum atomic E-state index is -1.11. The van der Waals surface area contributed by atoms with Gasteiger partial charge < -0.3 is 19.7 Å². The van der Waals surface area contributed by atoms with E-state index in [1.54, 1.807) is 0 Å². The Balaban J connectivity index is 2.96. The third-order valence-electron chi connectivity index (χ3n) is 2.38. The highest BCUT2D eigenvalue weighted by Gasteiger charge is 2.24. The van der Waals surface area contributed by atoms with Gasteiger partial charge in [-0.3, -0.25) is 0 Å². The number of nitrogens with zero attached hydrogens (tertiary/aromatic N) is 2. The van der Waals surface area contributed by atoms with Gasteiger partial charge in [0.15, 0.2) is 0 Å². The number of methoxy groups -OCH3 is 2. The quantitative estimate of drug-likeness (QED) is 0.763. The van der Waals surface area contributed by atoms with Gasteiger partial charge in [-0.25, -0.2) is 4.98 Å². The lowest BCUT2D eigenvalue weighted by Gasteiger charge is -2.18. The van der Waals surface area contributed by atoms with Crippen molar-refractivity contribution in [1.29, 1.82) is 0 Å². The summed E-state index contributed by atoms with van der Waals surface area (Å²) in [5, 5.41) is 19.6. The van der Waals surface area contributed by atoms with Crippen molar-refractivity contribution >= 4 is 0 Å². The van der Waals surface area contributed by atoms with Crippen LogP contribution in [0.3, 0.4) is 0 Å². The molecule has 0 aliphatic carbocycles. The second-order valence-corrected chi connectivity index (χ2v) is 3.61. The number of ether oxygens (including phenoxy) is 2. The van der Waals surface area contributed by atoms with Crippen molar-refractivity contribution in [2.75, 3.05) is 14.2 Å². The fourth-order valence-corrected chi connectivity index (χ4v) is 1.45. The number of aromatic nitrogens is 2. The zero-order valence-electron chi connectivity index (χ0n) is 10.3. The highest BCUT2D eigenvalue weighted by Crippen LogP contribution is 2.26. The molecule has 0 amide bonds. The first-order valence-corrected chi connectivity index (χ1v) is 5.45. The van der Waals surface area contributed by atoms with Crippen molar-refractivity contribution in [3.8, 4) is 11.8 Å². The standard InChI is InChI=1S/C11H18N2O4/c1-4-5-7(14)10(15)9-11(17-3)13-8(16-2)6-12-9/h6-7,10,14-15H,4-5H2,1-3H3. The molecule has 0 spiro atoms. The first kappa shape index (κ1) is 13.7. The molecule has 0 fully saturated rings. The van der Waals surface area contributed by atoms with E-state index in [0.29, 0.717) is 12.3 Å². The van der Waals surface area contributed by atoms with E-state index in [2.05, 4.69) is 9.97 Å². The fourth-order valence-electron chi connectivity index (χ4n) is 1.45. The van der Waals surface area contributed by atoms with Gasteiger partial charge in [-0.15, -0.1) is 0 Å². The molecular formula is C11H18N2O4. The predicted octanol–water partition coefficient (Wildman–Crippen LogP) is 0.688. The lowest BCUT2D eigenvalue weighted by molar-refractivity contribution is 0.00868. The Labute approximate surface area is 100 Å². The molecule has 0 aliphatic heterocycles. The maximum atomic E-state index is 9.92. The van der Waals surface area contributed by atoms with Gasteiger partial charge in [0.25, 0.3) is 0 Å². The maximum absolute atomic E-state index is 9.92. The van der Waals surface area contributed by atoms with Crippen LogP contribution < -0.4 is 9.47 Å². The third kappa shape index (κ3) is 3.28. The zero-order valence-corrected chi connectivity index (χ0v) is 10.3. The van der Waals surface area contributed by atoms with Crippen LogP contribution in [0.4, 0.5) is 0 Å². The van der Waals surface area contributed by atoms with Crippen molar-refractivity contribution in [2.45, 2.75) is 32.0 Å². The van der Waals surface area contributed by atoms with Gasteiger partial charge in [-0.05, 0) is 6.42 Å². The van der Waals surface area contributed by atoms with Crippen LogP contribution in [0.25, 0.3) is 0 Å². The number of hydrogen-bond acceptors (Lipinski definition) is 6. The van der Waals surface area contributed by atoms with Gasteiger partial charge in [0.2, 0.25) is 11.8 Å². The van der Waals surface area contributed by atoms with Crippen molar-refractivity contribution in [3.05, 3.63) is 11.9 Å². The van der Waals surface area contributed by atoms with E-state index >= 15 is 0 Å². The molecule has 0 radical (unpaired) electrons. The summed E-state index contributed by atoms with van der Waals surface area (Å²) in [5.41, 5.74) is 0.217. The summed E-state index contributed by atoms with van der Waals surface area (Å²) in [6, 6.07) is 0. The Morgan fingerprint density at radius 2 is 2.00 bits per heavy atom. The smallest absolute Gasteiger partial charge is 0.241 e. The maximum Gasteiger partial charge on any atom is 0.241 e. The van der Waals surface area contributed by atoms with Crippen LogP contribution in [0.2, 0.25) is 0 Å². The van der Waals surface area contributed by atoms with Gasteiger partial charge >= 0.3 is 0 Å². The largest absolute Gasteiger partial charge is 0.480 e. The monoisotopic (exact) mass is 242 g/mol. The van der Waals surface area contributed by atoms with Crippen molar-refractivity contribution < 1.29 is 19.7 Å². The lowest BCUT2D eigenvalue weighted by atomic mass is 10.1. The van der Waals surface area contributed by atoms with Crippen LogP contribution in [0.1, 0.15) is 31.6 Å². The minimum absolute atomic E-state index is 0.159. The first-order valence-electron chi connectivity index (χ1n) is 5.45. The SMILES string of the molecule is CCCC(O)C(O)c1ncc(OC)nc1OC. The molecule has 1 aromatic rings. The van der Waals surface area contributed by atoms with Crippen LogP contribution in [-0.4, -0.2) is 40.5 Å². The molecule has 1 heterocycles. The van der Waals surface area contributed by atoms with E-state index in [9.17, 15) is 10.2 Å². The summed E-state index contributed by atoms with van der Waals surface area (Å²) >= 11 is 0. The van der Waals surface area contributed by atoms with E-state index in [1.165, 1.54) is 20.4 Å². The molecule has 0 aliphatic rings. The van der Waals surface area contributed by atoms with Crippen molar-refractivity contribution in [1.82, 2.24) is 9.97 Å². The van der Waals surface area contributed by atoms with Crippen LogP contribution in [0.5, 0.6) is 11.8 Å². The minimum Gasteiger partial charge on any atom is -0.480 e. The van der Waals surface area contributed by atoms with Crippen molar-refractivity contribution in [3.63, 3.8) is 0 Å². The molecule has 1 rings (SSSR count). The molecule has 2 unspecified atom stereocenters. The summed E-state index contributed by atoms with van der Waals surface area (Å²) in [7, 11) is 2.89. The highest BCUT2D eigenvalue weighted by atomic mass is 16.5. The van der Waals surface area contributed by atoms with E-state index in [-0.39, 0.29) is 11.6 Å². The second-order valence-electron chi connectivity index (χ2n) is 3.61. The molecule has 0 saturated carbocycles. The summed E-state index contributed by atoms with van der Waals surface area (Å²) in [5.74, 6) is 0.454. The topological polar surface area (TPSA) is 84.7 Å². The molecule has 17 heavy (non-hydrogen) atoms. The van der Waals surface area contributed by atoms with E-state index in [0.717, 1.165) is 6.42 Å². The van der Waals surface area contributed by atoms with Crippen LogP contribution in [0.15, 0.2) is 6.20 Å². The average molecular weight is 242 g/mol. The van der Waals surface area contributed by atoms with Gasteiger partial charge in [0, 0.05) is 0 Å². The summed E-state index contributed by atoms with van der Waals surface area (Å²) in [6.07, 6.45) is 0.641. The Hall–Kier alpha value is -1.40. The second kappa shape index (κ2) is 6.36. The molecule has 96 valence electrons. The number of aliphatic hydroxyl groups is 2. The van der Waals surface area contributed by atoms with E-state index in [1.807, 2.05) is 6.92 Å². The summed E-state index contributed by atoms with van der Waals surface area (Å²) in [4.78, 5) is 8.00. The number of hydrogen-bond donors (Lipinski definition) is 2. The average Bonchev–Trinajstić information content (AvgIpc) is 2.37. The third-order valence-corrected chi connectivity index (χ3v) is 2.38. The molecule has 6 heteroatoms. The number of aliphatic hydroxyl groups excluding tert-OH is 2. The number of rotatable bonds is 6. The molecule has 0 aromatic carbocycles. The predicted molar refractivity (Wildman–Crippen MR) is 61.0 cm³/mol. The Morgan fingerprint density at radius 1 is 1.29 bits per heavy atom. The van der Waals surface area contributed by atoms with E-state index < -0.39 is 12.2 Å². The normalized spacial score (nSPS) is 14.2. The van der Waals surface area contributed by atoms with Gasteiger partial charge in [-0.2, -0.15) is 4.98 Å². The summed E-state index contributed by atoms with van der Waals surface area (Å²) in [6.45, 7) is 1.92. The highest BCUT2D eigenvalue weighted by molar-refractivity contribution is 5.25. The van der Waals surface area contributed by atoms with Gasteiger partial charge in [0.05, 0.1) is 26.5 Å². The van der Waals surface area contributed by atoms with Crippen LogP contribution in [0, 0.1) is 0 Å². The molecule has 6 nitrogen and oxygen atoms in total. The molecule has 2 atom stereocenters. The van der Waals surface area contributed by atoms with Crippen molar-refractivity contribution in [2.24, 2.45) is 0 Å². The zero-order chi connectivity index (χ0) is 12.8. The molecule has 0 saturated heterocycles. The Bertz CT molecular complexity index is 359. The summed E-state index contributed by atoms with van der Waals surface area (Å²) < 4.78 is 9.91.